The van der Waals surface area contributed by atoms with Crippen molar-refractivity contribution in [2.24, 2.45) is 5.73 Å². The Morgan fingerprint density at radius 1 is 1.09 bits per heavy atom. The van der Waals surface area contributed by atoms with Gasteiger partial charge in [0, 0.05) is 42.5 Å². The Bertz CT molecular complexity index is 1470. The van der Waals surface area contributed by atoms with Crippen LogP contribution in [0.4, 0.5) is 11.7 Å². The van der Waals surface area contributed by atoms with E-state index in [1.807, 2.05) is 43.5 Å². The zero-order valence-corrected chi connectivity index (χ0v) is 18.4. The third-order valence-corrected chi connectivity index (χ3v) is 6.17. The van der Waals surface area contributed by atoms with Crippen LogP contribution in [0.1, 0.15) is 22.9 Å². The summed E-state index contributed by atoms with van der Waals surface area (Å²) < 4.78 is 5.91. The molecule has 166 valence electrons. The number of aromatic nitrogens is 5. The van der Waals surface area contributed by atoms with Crippen molar-refractivity contribution >= 4 is 33.8 Å². The molecule has 6 rings (SSSR count). The lowest BCUT2D eigenvalue weighted by atomic mass is 10.0. The van der Waals surface area contributed by atoms with Gasteiger partial charge in [0.15, 0.2) is 11.2 Å². The molecule has 0 radical (unpaired) electrons. The van der Waals surface area contributed by atoms with Crippen molar-refractivity contribution in [3.63, 3.8) is 0 Å². The Labute approximate surface area is 189 Å². The number of rotatable bonds is 4. The van der Waals surface area contributed by atoms with E-state index >= 15 is 0 Å². The highest BCUT2D eigenvalue weighted by Crippen LogP contribution is 2.29. The van der Waals surface area contributed by atoms with Gasteiger partial charge in [-0.25, -0.2) is 9.97 Å². The van der Waals surface area contributed by atoms with Crippen LogP contribution in [0.5, 0.6) is 0 Å². The van der Waals surface area contributed by atoms with Gasteiger partial charge in [0.2, 0.25) is 0 Å². The molecule has 4 heterocycles. The fourth-order valence-corrected chi connectivity index (χ4v) is 4.47. The van der Waals surface area contributed by atoms with E-state index in [1.165, 1.54) is 0 Å². The molecule has 5 aromatic rings. The number of hydrogen-bond acceptors (Lipinski definition) is 8. The molecule has 1 aliphatic rings. The maximum atomic E-state index is 6.17. The Morgan fingerprint density at radius 3 is 2.73 bits per heavy atom. The lowest BCUT2D eigenvalue weighted by Crippen LogP contribution is -2.28. The van der Waals surface area contributed by atoms with E-state index in [2.05, 4.69) is 48.8 Å². The molecular formula is C24H24N8O. The molecule has 0 saturated carbocycles. The van der Waals surface area contributed by atoms with E-state index in [0.29, 0.717) is 11.7 Å². The number of fused-ring (bicyclic) bond motifs is 2. The number of anilines is 2. The second-order valence-electron chi connectivity index (χ2n) is 8.64. The van der Waals surface area contributed by atoms with Gasteiger partial charge in [0.25, 0.3) is 6.01 Å². The molecule has 33 heavy (non-hydrogen) atoms. The maximum absolute atomic E-state index is 6.17. The predicted octanol–water partition coefficient (Wildman–Crippen LogP) is 3.54. The van der Waals surface area contributed by atoms with Crippen LogP contribution >= 0.6 is 0 Å². The molecule has 0 amide bonds. The predicted molar refractivity (Wildman–Crippen MR) is 127 cm³/mol. The second-order valence-corrected chi connectivity index (χ2v) is 8.64. The molecular weight excluding hydrogens is 416 g/mol. The number of aromatic amines is 1. The first-order valence-corrected chi connectivity index (χ1v) is 11.0. The first kappa shape index (κ1) is 19.8. The highest BCUT2D eigenvalue weighted by Gasteiger charge is 2.28. The zero-order valence-electron chi connectivity index (χ0n) is 18.4. The largest absolute Gasteiger partial charge is 0.423 e. The van der Waals surface area contributed by atoms with Gasteiger partial charge in [0.05, 0.1) is 11.1 Å². The first-order chi connectivity index (χ1) is 16.0. The molecule has 0 aliphatic carbocycles. The standard InChI is InChI=1S/C24H24N8O/c1-12-7-13(2)21-19(8-12)29-24(33-21)28-15-5-3-14(4-6-15)20-17-10-27-22(30-23(17)32-31-20)16-9-26-11-18(16)25/h3-8,10,16,18,26H,9,11,25H2,1-2H3,(H,28,29)(H,27,30,31,32). The van der Waals surface area contributed by atoms with Crippen LogP contribution in [0.15, 0.2) is 47.0 Å². The Kier molecular flexibility index (Phi) is 4.60. The summed E-state index contributed by atoms with van der Waals surface area (Å²) in [7, 11) is 0. The maximum Gasteiger partial charge on any atom is 0.300 e. The highest BCUT2D eigenvalue weighted by molar-refractivity contribution is 5.90. The van der Waals surface area contributed by atoms with Crippen molar-refractivity contribution in [2.45, 2.75) is 25.8 Å². The monoisotopic (exact) mass is 440 g/mol. The second kappa shape index (κ2) is 7.65. The smallest absolute Gasteiger partial charge is 0.300 e. The third kappa shape index (κ3) is 3.51. The Hall–Kier alpha value is -3.82. The summed E-state index contributed by atoms with van der Waals surface area (Å²) in [5.41, 5.74) is 13.5. The lowest BCUT2D eigenvalue weighted by molar-refractivity contribution is 0.619. The minimum Gasteiger partial charge on any atom is -0.423 e. The minimum atomic E-state index is 0.0232. The fraction of sp³-hybridized carbons (Fsp3) is 0.250. The summed E-state index contributed by atoms with van der Waals surface area (Å²) >= 11 is 0. The van der Waals surface area contributed by atoms with E-state index in [4.69, 9.17) is 10.2 Å². The van der Waals surface area contributed by atoms with Gasteiger partial charge in [-0.15, -0.1) is 0 Å². The van der Waals surface area contributed by atoms with Crippen LogP contribution in [0.25, 0.3) is 33.4 Å². The van der Waals surface area contributed by atoms with Crippen LogP contribution in [-0.2, 0) is 0 Å². The van der Waals surface area contributed by atoms with E-state index in [1.54, 1.807) is 0 Å². The summed E-state index contributed by atoms with van der Waals surface area (Å²) in [5.74, 6) is 0.848. The Balaban J connectivity index is 1.25. The number of hydrogen-bond donors (Lipinski definition) is 4. The third-order valence-electron chi connectivity index (χ3n) is 6.17. The van der Waals surface area contributed by atoms with Gasteiger partial charge in [0.1, 0.15) is 11.3 Å². The molecule has 9 heteroatoms. The molecule has 3 aromatic heterocycles. The number of oxazole rings is 1. The SMILES string of the molecule is Cc1cc(C)c2oc(Nc3ccc(-c4[nH]nc5nc(C6CNCC6N)ncc45)cc3)nc2c1. The quantitative estimate of drug-likeness (QED) is 0.334. The van der Waals surface area contributed by atoms with Crippen molar-refractivity contribution in [1.82, 2.24) is 30.5 Å². The van der Waals surface area contributed by atoms with Gasteiger partial charge in [-0.05, 0) is 43.2 Å². The number of H-pyrrole nitrogens is 1. The van der Waals surface area contributed by atoms with Crippen LogP contribution in [0.3, 0.4) is 0 Å². The van der Waals surface area contributed by atoms with Gasteiger partial charge in [-0.2, -0.15) is 10.1 Å². The first-order valence-electron chi connectivity index (χ1n) is 11.0. The van der Waals surface area contributed by atoms with Crippen LogP contribution < -0.4 is 16.4 Å². The summed E-state index contributed by atoms with van der Waals surface area (Å²) in [6.45, 7) is 5.65. The molecule has 0 spiro atoms. The molecule has 5 N–H and O–H groups in total. The van der Waals surface area contributed by atoms with Gasteiger partial charge < -0.3 is 20.8 Å². The van der Waals surface area contributed by atoms with Gasteiger partial charge >= 0.3 is 0 Å². The molecule has 1 fully saturated rings. The van der Waals surface area contributed by atoms with Crippen LogP contribution in [0, 0.1) is 13.8 Å². The number of nitrogens with one attached hydrogen (secondary N) is 3. The fourth-order valence-electron chi connectivity index (χ4n) is 4.47. The van der Waals surface area contributed by atoms with Gasteiger partial charge in [-0.3, -0.25) is 5.10 Å². The number of nitrogens with zero attached hydrogens (tertiary/aromatic N) is 4. The molecule has 2 unspecified atom stereocenters. The molecule has 1 aliphatic heterocycles. The highest BCUT2D eigenvalue weighted by atomic mass is 16.4. The minimum absolute atomic E-state index is 0.0232. The lowest BCUT2D eigenvalue weighted by Gasteiger charge is -2.11. The summed E-state index contributed by atoms with van der Waals surface area (Å²) in [4.78, 5) is 13.8. The van der Waals surface area contributed by atoms with E-state index in [0.717, 1.165) is 63.5 Å². The number of aryl methyl sites for hydroxylation is 2. The van der Waals surface area contributed by atoms with Crippen molar-refractivity contribution < 1.29 is 4.42 Å². The van der Waals surface area contributed by atoms with E-state index < -0.39 is 0 Å². The average Bonchev–Trinajstić information content (AvgIpc) is 3.52. The van der Waals surface area contributed by atoms with Crippen molar-refractivity contribution in [3.8, 4) is 11.3 Å². The van der Waals surface area contributed by atoms with Gasteiger partial charge in [-0.1, -0.05) is 18.2 Å². The average molecular weight is 441 g/mol. The van der Waals surface area contributed by atoms with Crippen molar-refractivity contribution in [3.05, 3.63) is 59.5 Å². The molecule has 0 bridgehead atoms. The number of nitrogens with two attached hydrogens (primary N) is 1. The van der Waals surface area contributed by atoms with Crippen molar-refractivity contribution in [1.29, 1.82) is 0 Å². The van der Waals surface area contributed by atoms with Crippen molar-refractivity contribution in [2.75, 3.05) is 18.4 Å². The molecule has 9 nitrogen and oxygen atoms in total. The molecule has 2 aromatic carbocycles. The number of benzene rings is 2. The molecule has 1 saturated heterocycles. The van der Waals surface area contributed by atoms with E-state index in [-0.39, 0.29) is 12.0 Å². The summed E-state index contributed by atoms with van der Waals surface area (Å²) in [5, 5.41) is 14.9. The topological polar surface area (TPSA) is 131 Å². The van der Waals surface area contributed by atoms with Crippen LogP contribution in [-0.4, -0.2) is 44.3 Å². The zero-order chi connectivity index (χ0) is 22.5. The normalized spacial score (nSPS) is 18.4. The molecule has 2 atom stereocenters. The summed E-state index contributed by atoms with van der Waals surface area (Å²) in [6, 6.07) is 12.6. The van der Waals surface area contributed by atoms with E-state index in [9.17, 15) is 0 Å². The summed E-state index contributed by atoms with van der Waals surface area (Å²) in [6.07, 6.45) is 1.83. The Morgan fingerprint density at radius 2 is 1.94 bits per heavy atom. The van der Waals surface area contributed by atoms with Crippen LogP contribution in [0.2, 0.25) is 0 Å².